The van der Waals surface area contributed by atoms with Gasteiger partial charge in [-0.25, -0.2) is 0 Å². The zero-order valence-corrected chi connectivity index (χ0v) is 15.4. The fourth-order valence-electron chi connectivity index (χ4n) is 2.72. The minimum atomic E-state index is 0.121. The number of hydrogen-bond acceptors (Lipinski definition) is 3. The zero-order chi connectivity index (χ0) is 18.1. The van der Waals surface area contributed by atoms with Crippen LogP contribution in [-0.4, -0.2) is 49.6 Å². The van der Waals surface area contributed by atoms with Crippen LogP contribution in [0.4, 0.5) is 0 Å². The molecule has 0 radical (unpaired) electrons. The van der Waals surface area contributed by atoms with Crippen LogP contribution in [0.2, 0.25) is 0 Å². The van der Waals surface area contributed by atoms with E-state index in [-0.39, 0.29) is 5.91 Å². The van der Waals surface area contributed by atoms with Gasteiger partial charge in [0.05, 0.1) is 13.2 Å². The predicted octanol–water partition coefficient (Wildman–Crippen LogP) is 3.10. The Kier molecular flexibility index (Phi) is 7.64. The summed E-state index contributed by atoms with van der Waals surface area (Å²) in [6.07, 6.45) is 0. The van der Waals surface area contributed by atoms with E-state index in [4.69, 9.17) is 4.74 Å². The van der Waals surface area contributed by atoms with Gasteiger partial charge in [0, 0.05) is 33.8 Å². The van der Waals surface area contributed by atoms with E-state index in [0.717, 1.165) is 13.1 Å². The van der Waals surface area contributed by atoms with Crippen LogP contribution in [0.5, 0.6) is 0 Å². The van der Waals surface area contributed by atoms with Gasteiger partial charge >= 0.3 is 0 Å². The van der Waals surface area contributed by atoms with Crippen molar-refractivity contribution in [2.24, 2.45) is 0 Å². The van der Waals surface area contributed by atoms with E-state index in [2.05, 4.69) is 36.1 Å². The van der Waals surface area contributed by atoms with Gasteiger partial charge in [0.25, 0.3) is 0 Å². The lowest BCUT2D eigenvalue weighted by molar-refractivity contribution is -0.131. The van der Waals surface area contributed by atoms with Crippen LogP contribution in [0.1, 0.15) is 16.7 Å². The summed E-state index contributed by atoms with van der Waals surface area (Å²) < 4.78 is 5.20. The Morgan fingerprint density at radius 1 is 1.00 bits per heavy atom. The standard InChI is InChI=1S/C21H28N2O2/c1-18-9-7-8-12-20(18)16-22(2)21(24)17-23(13-14-25-3)15-19-10-5-4-6-11-19/h4-12H,13-17H2,1-3H3. The number of nitrogens with zero attached hydrogens (tertiary/aromatic N) is 2. The Labute approximate surface area is 151 Å². The lowest BCUT2D eigenvalue weighted by Crippen LogP contribution is -2.39. The average molecular weight is 340 g/mol. The molecule has 1 amide bonds. The second-order valence-corrected chi connectivity index (χ2v) is 6.37. The highest BCUT2D eigenvalue weighted by atomic mass is 16.5. The highest BCUT2D eigenvalue weighted by molar-refractivity contribution is 5.78. The molecule has 2 aromatic rings. The summed E-state index contributed by atoms with van der Waals surface area (Å²) in [6, 6.07) is 18.4. The molecule has 2 aromatic carbocycles. The molecule has 0 unspecified atom stereocenters. The van der Waals surface area contributed by atoms with E-state index in [0.29, 0.717) is 19.7 Å². The molecule has 4 heteroatoms. The monoisotopic (exact) mass is 340 g/mol. The van der Waals surface area contributed by atoms with Gasteiger partial charge in [-0.2, -0.15) is 0 Å². The lowest BCUT2D eigenvalue weighted by Gasteiger charge is -2.25. The third kappa shape index (κ3) is 6.33. The minimum absolute atomic E-state index is 0.121. The van der Waals surface area contributed by atoms with Crippen molar-refractivity contribution in [3.63, 3.8) is 0 Å². The largest absolute Gasteiger partial charge is 0.383 e. The molecule has 0 aliphatic carbocycles. The highest BCUT2D eigenvalue weighted by Gasteiger charge is 2.15. The fraction of sp³-hybridized carbons (Fsp3) is 0.381. The first kappa shape index (κ1) is 19.2. The number of amides is 1. The van der Waals surface area contributed by atoms with Crippen LogP contribution < -0.4 is 0 Å². The summed E-state index contributed by atoms with van der Waals surface area (Å²) in [4.78, 5) is 16.6. The fourth-order valence-corrected chi connectivity index (χ4v) is 2.72. The molecule has 0 N–H and O–H groups in total. The second kappa shape index (κ2) is 9.97. The Bertz CT molecular complexity index is 658. The van der Waals surface area contributed by atoms with Crippen molar-refractivity contribution >= 4 is 5.91 Å². The van der Waals surface area contributed by atoms with Crippen LogP contribution in [0.25, 0.3) is 0 Å². The molecule has 0 spiro atoms. The third-order valence-corrected chi connectivity index (χ3v) is 4.31. The molecule has 134 valence electrons. The lowest BCUT2D eigenvalue weighted by atomic mass is 10.1. The number of ether oxygens (including phenoxy) is 1. The van der Waals surface area contributed by atoms with Gasteiger partial charge in [0.2, 0.25) is 5.91 Å². The van der Waals surface area contributed by atoms with Gasteiger partial charge in [-0.3, -0.25) is 9.69 Å². The van der Waals surface area contributed by atoms with Crippen LogP contribution in [0.3, 0.4) is 0 Å². The Morgan fingerprint density at radius 2 is 1.68 bits per heavy atom. The summed E-state index contributed by atoms with van der Waals surface area (Å²) in [6.45, 7) is 5.19. The molecule has 25 heavy (non-hydrogen) atoms. The molecular weight excluding hydrogens is 312 g/mol. The number of rotatable bonds is 9. The number of methoxy groups -OCH3 is 1. The van der Waals surface area contributed by atoms with Crippen molar-refractivity contribution in [3.05, 3.63) is 71.3 Å². The van der Waals surface area contributed by atoms with Crippen molar-refractivity contribution in [3.8, 4) is 0 Å². The number of carbonyl (C=O) groups is 1. The Hall–Kier alpha value is -2.17. The second-order valence-electron chi connectivity index (χ2n) is 6.37. The molecule has 0 atom stereocenters. The number of hydrogen-bond donors (Lipinski definition) is 0. The van der Waals surface area contributed by atoms with Gasteiger partial charge in [-0.1, -0.05) is 54.6 Å². The van der Waals surface area contributed by atoms with Crippen LogP contribution in [-0.2, 0) is 22.6 Å². The molecule has 0 aliphatic heterocycles. The van der Waals surface area contributed by atoms with E-state index in [9.17, 15) is 4.79 Å². The molecule has 4 nitrogen and oxygen atoms in total. The average Bonchev–Trinajstić information content (AvgIpc) is 2.62. The summed E-state index contributed by atoms with van der Waals surface area (Å²) >= 11 is 0. The maximum absolute atomic E-state index is 12.7. The molecule has 0 aromatic heterocycles. The third-order valence-electron chi connectivity index (χ3n) is 4.31. The van der Waals surface area contributed by atoms with Gasteiger partial charge < -0.3 is 9.64 Å². The summed E-state index contributed by atoms with van der Waals surface area (Å²) in [7, 11) is 3.55. The van der Waals surface area contributed by atoms with Gasteiger partial charge in [-0.05, 0) is 23.6 Å². The molecular formula is C21H28N2O2. The zero-order valence-electron chi connectivity index (χ0n) is 15.4. The predicted molar refractivity (Wildman–Crippen MR) is 101 cm³/mol. The van der Waals surface area contributed by atoms with Crippen LogP contribution in [0, 0.1) is 6.92 Å². The maximum atomic E-state index is 12.7. The number of aryl methyl sites for hydroxylation is 1. The first-order valence-electron chi connectivity index (χ1n) is 8.64. The molecule has 2 rings (SSSR count). The van der Waals surface area contributed by atoms with Crippen LogP contribution >= 0.6 is 0 Å². The normalized spacial score (nSPS) is 10.9. The molecule has 0 bridgehead atoms. The van der Waals surface area contributed by atoms with E-state index in [1.807, 2.05) is 37.4 Å². The summed E-state index contributed by atoms with van der Waals surface area (Å²) in [5, 5.41) is 0. The number of benzene rings is 2. The van der Waals surface area contributed by atoms with E-state index in [1.54, 1.807) is 12.0 Å². The van der Waals surface area contributed by atoms with Crippen molar-refractivity contribution < 1.29 is 9.53 Å². The van der Waals surface area contributed by atoms with Crippen molar-refractivity contribution in [2.45, 2.75) is 20.0 Å². The van der Waals surface area contributed by atoms with Crippen molar-refractivity contribution in [2.75, 3.05) is 33.9 Å². The van der Waals surface area contributed by atoms with E-state index in [1.165, 1.54) is 16.7 Å². The quantitative estimate of drug-likeness (QED) is 0.703. The summed E-state index contributed by atoms with van der Waals surface area (Å²) in [5.74, 6) is 0.121. The Balaban J connectivity index is 1.96. The van der Waals surface area contributed by atoms with Crippen molar-refractivity contribution in [1.29, 1.82) is 0 Å². The first-order chi connectivity index (χ1) is 12.1. The van der Waals surface area contributed by atoms with Gasteiger partial charge in [-0.15, -0.1) is 0 Å². The molecule has 0 heterocycles. The highest BCUT2D eigenvalue weighted by Crippen LogP contribution is 2.10. The first-order valence-corrected chi connectivity index (χ1v) is 8.64. The molecule has 0 aliphatic rings. The molecule has 0 fully saturated rings. The molecule has 0 saturated heterocycles. The van der Waals surface area contributed by atoms with Crippen molar-refractivity contribution in [1.82, 2.24) is 9.80 Å². The van der Waals surface area contributed by atoms with Gasteiger partial charge in [0.15, 0.2) is 0 Å². The smallest absolute Gasteiger partial charge is 0.236 e. The number of likely N-dealkylation sites (N-methyl/N-ethyl adjacent to an activating group) is 1. The Morgan fingerprint density at radius 3 is 2.36 bits per heavy atom. The van der Waals surface area contributed by atoms with Crippen LogP contribution in [0.15, 0.2) is 54.6 Å². The van der Waals surface area contributed by atoms with E-state index >= 15 is 0 Å². The number of carbonyl (C=O) groups excluding carboxylic acids is 1. The maximum Gasteiger partial charge on any atom is 0.236 e. The summed E-state index contributed by atoms with van der Waals surface area (Å²) in [5.41, 5.74) is 3.60. The molecule has 0 saturated carbocycles. The SMILES string of the molecule is COCCN(CC(=O)N(C)Cc1ccccc1C)Cc1ccccc1. The minimum Gasteiger partial charge on any atom is -0.383 e. The topological polar surface area (TPSA) is 32.8 Å². The van der Waals surface area contributed by atoms with E-state index < -0.39 is 0 Å². The van der Waals surface area contributed by atoms with Gasteiger partial charge in [0.1, 0.15) is 0 Å².